The predicted octanol–water partition coefficient (Wildman–Crippen LogP) is 6.57. The Labute approximate surface area is 196 Å². The van der Waals surface area contributed by atoms with Gasteiger partial charge in [0.05, 0.1) is 22.5 Å². The first-order valence-corrected chi connectivity index (χ1v) is 10.8. The van der Waals surface area contributed by atoms with Gasteiger partial charge in [-0.15, -0.1) is 0 Å². The molecule has 0 aliphatic rings. The topological polar surface area (TPSA) is 82.8 Å². The van der Waals surface area contributed by atoms with Gasteiger partial charge in [0.2, 0.25) is 0 Å². The predicted molar refractivity (Wildman–Crippen MR) is 132 cm³/mol. The molecule has 4 rings (SSSR count). The van der Waals surface area contributed by atoms with Gasteiger partial charge in [-0.3, -0.25) is 0 Å². The molecule has 0 bridgehead atoms. The summed E-state index contributed by atoms with van der Waals surface area (Å²) >= 11 is 6.07. The van der Waals surface area contributed by atoms with Gasteiger partial charge in [0.1, 0.15) is 0 Å². The van der Waals surface area contributed by atoms with E-state index >= 15 is 0 Å². The molecule has 1 heterocycles. The van der Waals surface area contributed by atoms with Crippen LogP contribution >= 0.6 is 11.6 Å². The number of pyridine rings is 1. The molecule has 3 aromatic carbocycles. The van der Waals surface area contributed by atoms with Crippen molar-refractivity contribution in [2.24, 2.45) is 5.16 Å². The number of aromatic nitrogens is 1. The van der Waals surface area contributed by atoms with Crippen LogP contribution in [0.25, 0.3) is 23.1 Å². The Kier molecular flexibility index (Phi) is 6.81. The summed E-state index contributed by atoms with van der Waals surface area (Å²) in [7, 11) is 0. The molecular weight excluding hydrogens is 436 g/mol. The molecule has 33 heavy (non-hydrogen) atoms. The number of carbonyl (C=O) groups is 1. The third-order valence-electron chi connectivity index (χ3n) is 5.34. The Balaban J connectivity index is 1.51. The van der Waals surface area contributed by atoms with Crippen LogP contribution in [0.15, 0.2) is 84.0 Å². The van der Waals surface area contributed by atoms with Crippen LogP contribution < -0.4 is 0 Å². The minimum absolute atomic E-state index is 0.260. The molecule has 0 saturated heterocycles. The first-order chi connectivity index (χ1) is 16.0. The lowest BCUT2D eigenvalue weighted by atomic mass is 9.97. The Morgan fingerprint density at radius 2 is 1.79 bits per heavy atom. The van der Waals surface area contributed by atoms with Gasteiger partial charge >= 0.3 is 5.97 Å². The third kappa shape index (κ3) is 5.45. The number of benzene rings is 3. The van der Waals surface area contributed by atoms with Crippen LogP contribution in [0.1, 0.15) is 39.2 Å². The van der Waals surface area contributed by atoms with Crippen molar-refractivity contribution in [3.8, 4) is 0 Å². The standard InChI is InChI=1S/C27H21ClN2O3/c28-22-12-9-20-10-14-23(29-26(20)17-22)13-8-18-4-3-6-21(16-18)25(30-33)15-11-19-5-1-2-7-24(19)27(31)32/h1-10,12-14,16-17,33H,11,15H2,(H,31,32)/b13-8+,30-25?. The summed E-state index contributed by atoms with van der Waals surface area (Å²) in [5.41, 5.74) is 4.77. The molecule has 0 aliphatic heterocycles. The number of aryl methyl sites for hydroxylation is 1. The molecule has 4 aromatic rings. The van der Waals surface area contributed by atoms with Crippen LogP contribution in [0.4, 0.5) is 0 Å². The Hall–Kier alpha value is -3.96. The smallest absolute Gasteiger partial charge is 0.335 e. The maximum Gasteiger partial charge on any atom is 0.335 e. The van der Waals surface area contributed by atoms with Crippen LogP contribution in [0.3, 0.4) is 0 Å². The molecule has 1 aromatic heterocycles. The van der Waals surface area contributed by atoms with Crippen molar-refractivity contribution >= 4 is 46.3 Å². The van der Waals surface area contributed by atoms with Crippen LogP contribution in [-0.2, 0) is 6.42 Å². The highest BCUT2D eigenvalue weighted by molar-refractivity contribution is 6.31. The maximum atomic E-state index is 11.4. The monoisotopic (exact) mass is 456 g/mol. The number of hydrogen-bond acceptors (Lipinski definition) is 4. The number of oxime groups is 1. The highest BCUT2D eigenvalue weighted by Gasteiger charge is 2.11. The largest absolute Gasteiger partial charge is 0.478 e. The lowest BCUT2D eigenvalue weighted by Gasteiger charge is -2.08. The second-order valence-corrected chi connectivity index (χ2v) is 7.98. The van der Waals surface area contributed by atoms with Crippen LogP contribution in [0.2, 0.25) is 5.02 Å². The van der Waals surface area contributed by atoms with E-state index in [1.807, 2.05) is 66.7 Å². The van der Waals surface area contributed by atoms with Gasteiger partial charge in [0.25, 0.3) is 0 Å². The molecule has 0 aliphatic carbocycles. The van der Waals surface area contributed by atoms with Crippen molar-refractivity contribution in [3.63, 3.8) is 0 Å². The van der Waals surface area contributed by atoms with E-state index < -0.39 is 5.97 Å². The molecule has 0 amide bonds. The average molecular weight is 457 g/mol. The molecule has 2 N–H and O–H groups in total. The summed E-state index contributed by atoms with van der Waals surface area (Å²) in [4.78, 5) is 16.1. The van der Waals surface area contributed by atoms with Gasteiger partial charge in [-0.25, -0.2) is 9.78 Å². The van der Waals surface area contributed by atoms with E-state index in [0.29, 0.717) is 29.1 Å². The van der Waals surface area contributed by atoms with E-state index in [9.17, 15) is 15.1 Å². The minimum atomic E-state index is -0.968. The number of aromatic carboxylic acids is 1. The Bertz CT molecular complexity index is 1380. The molecule has 6 heteroatoms. The van der Waals surface area contributed by atoms with E-state index in [1.54, 1.807) is 24.3 Å². The van der Waals surface area contributed by atoms with Crippen molar-refractivity contribution in [1.82, 2.24) is 4.98 Å². The van der Waals surface area contributed by atoms with Gasteiger partial charge in [-0.2, -0.15) is 0 Å². The van der Waals surface area contributed by atoms with Crippen LogP contribution in [-0.4, -0.2) is 27.0 Å². The summed E-state index contributed by atoms with van der Waals surface area (Å²) in [5.74, 6) is -0.968. The highest BCUT2D eigenvalue weighted by Crippen LogP contribution is 2.20. The fraction of sp³-hybridized carbons (Fsp3) is 0.0741. The fourth-order valence-electron chi connectivity index (χ4n) is 3.65. The van der Waals surface area contributed by atoms with Crippen LogP contribution in [0.5, 0.6) is 0 Å². The van der Waals surface area contributed by atoms with Crippen molar-refractivity contribution < 1.29 is 15.1 Å². The number of carboxylic acids is 1. The van der Waals surface area contributed by atoms with Crippen molar-refractivity contribution in [2.75, 3.05) is 0 Å². The van der Waals surface area contributed by atoms with E-state index in [-0.39, 0.29) is 5.56 Å². The summed E-state index contributed by atoms with van der Waals surface area (Å²) < 4.78 is 0. The van der Waals surface area contributed by atoms with E-state index in [4.69, 9.17) is 11.6 Å². The van der Waals surface area contributed by atoms with Gasteiger partial charge in [-0.05, 0) is 65.9 Å². The number of rotatable bonds is 7. The lowest BCUT2D eigenvalue weighted by Crippen LogP contribution is -2.07. The van der Waals surface area contributed by atoms with E-state index in [1.165, 1.54) is 0 Å². The number of fused-ring (bicyclic) bond motifs is 1. The molecule has 164 valence electrons. The average Bonchev–Trinajstić information content (AvgIpc) is 2.83. The van der Waals surface area contributed by atoms with Crippen molar-refractivity contribution in [2.45, 2.75) is 12.8 Å². The quantitative estimate of drug-likeness (QED) is 0.187. The second-order valence-electron chi connectivity index (χ2n) is 7.54. The molecular formula is C27H21ClN2O3. The summed E-state index contributed by atoms with van der Waals surface area (Å²) in [5, 5.41) is 24.1. The number of halogens is 1. The molecule has 0 fully saturated rings. The van der Waals surface area contributed by atoms with Gasteiger partial charge in [-0.1, -0.05) is 71.4 Å². The number of nitrogens with zero attached hydrogens (tertiary/aromatic N) is 2. The fourth-order valence-corrected chi connectivity index (χ4v) is 3.82. The molecule has 0 saturated carbocycles. The van der Waals surface area contributed by atoms with Gasteiger partial charge in [0, 0.05) is 10.4 Å². The van der Waals surface area contributed by atoms with Crippen molar-refractivity contribution in [3.05, 3.63) is 112 Å². The van der Waals surface area contributed by atoms with Crippen molar-refractivity contribution in [1.29, 1.82) is 0 Å². The Morgan fingerprint density at radius 3 is 2.61 bits per heavy atom. The zero-order chi connectivity index (χ0) is 23.2. The lowest BCUT2D eigenvalue weighted by molar-refractivity contribution is 0.0695. The summed E-state index contributed by atoms with van der Waals surface area (Å²) in [6.45, 7) is 0. The van der Waals surface area contributed by atoms with Gasteiger partial charge in [0.15, 0.2) is 0 Å². The molecule has 5 nitrogen and oxygen atoms in total. The van der Waals surface area contributed by atoms with Gasteiger partial charge < -0.3 is 10.3 Å². The molecule has 0 spiro atoms. The first-order valence-electron chi connectivity index (χ1n) is 10.4. The molecule has 0 radical (unpaired) electrons. The first kappa shape index (κ1) is 22.2. The maximum absolute atomic E-state index is 11.4. The number of hydrogen-bond donors (Lipinski definition) is 2. The number of carboxylic acid groups (broad SMARTS) is 1. The summed E-state index contributed by atoms with van der Waals surface area (Å²) in [6.07, 6.45) is 4.71. The minimum Gasteiger partial charge on any atom is -0.478 e. The van der Waals surface area contributed by atoms with Crippen LogP contribution in [0, 0.1) is 0 Å². The molecule has 0 unspecified atom stereocenters. The zero-order valence-electron chi connectivity index (χ0n) is 17.6. The third-order valence-corrected chi connectivity index (χ3v) is 5.58. The normalized spacial score (nSPS) is 11.8. The zero-order valence-corrected chi connectivity index (χ0v) is 18.4. The molecule has 0 atom stereocenters. The highest BCUT2D eigenvalue weighted by atomic mass is 35.5. The second kappa shape index (κ2) is 10.1. The summed E-state index contributed by atoms with van der Waals surface area (Å²) in [6, 6.07) is 24.0. The Morgan fingerprint density at radius 1 is 0.970 bits per heavy atom. The van der Waals surface area contributed by atoms with E-state index in [2.05, 4.69) is 10.1 Å². The SMILES string of the molecule is O=C(O)c1ccccc1CCC(=NO)c1cccc(/C=C/c2ccc3ccc(Cl)cc3n2)c1. The van der Waals surface area contributed by atoms with E-state index in [0.717, 1.165) is 27.7 Å².